The second kappa shape index (κ2) is 6.24. The van der Waals surface area contributed by atoms with Crippen molar-refractivity contribution in [1.82, 2.24) is 4.98 Å². The Morgan fingerprint density at radius 2 is 2.05 bits per heavy atom. The van der Waals surface area contributed by atoms with Crippen LogP contribution < -0.4 is 10.5 Å². The molecule has 0 spiro atoms. The quantitative estimate of drug-likeness (QED) is 0.752. The summed E-state index contributed by atoms with van der Waals surface area (Å²) in [6.07, 6.45) is 3.01. The zero-order valence-corrected chi connectivity index (χ0v) is 13.1. The van der Waals surface area contributed by atoms with Gasteiger partial charge in [-0.2, -0.15) is 0 Å². The first-order chi connectivity index (χ1) is 10.7. The second-order valence-corrected chi connectivity index (χ2v) is 5.78. The molecule has 0 saturated heterocycles. The van der Waals surface area contributed by atoms with Crippen molar-refractivity contribution >= 4 is 10.9 Å². The lowest BCUT2D eigenvalue weighted by atomic mass is 9.91. The summed E-state index contributed by atoms with van der Waals surface area (Å²) in [6, 6.07) is 14.7. The number of benzene rings is 2. The molecule has 3 rings (SSSR count). The van der Waals surface area contributed by atoms with Crippen LogP contribution in [0.1, 0.15) is 22.6 Å². The molecule has 3 aromatic rings. The lowest BCUT2D eigenvalue weighted by molar-refractivity contribution is 0.414. The Morgan fingerprint density at radius 1 is 1.18 bits per heavy atom. The molecular weight excluding hydrogens is 272 g/mol. The van der Waals surface area contributed by atoms with Gasteiger partial charge in [0.1, 0.15) is 5.75 Å². The van der Waals surface area contributed by atoms with Gasteiger partial charge in [-0.15, -0.1) is 0 Å². The first-order valence-electron chi connectivity index (χ1n) is 7.62. The van der Waals surface area contributed by atoms with E-state index < -0.39 is 0 Å². The van der Waals surface area contributed by atoms with Crippen molar-refractivity contribution in [3.05, 3.63) is 65.4 Å². The standard InChI is InChI=1S/C19H22N2O/c1-13-6-7-19-17(8-13)18(12-21-19)15(11-20)9-14-4-3-5-16(10-14)22-2/h3-8,10,12,15,21H,9,11,20H2,1-2H3. The van der Waals surface area contributed by atoms with E-state index in [9.17, 15) is 0 Å². The molecule has 0 saturated carbocycles. The minimum atomic E-state index is 0.294. The molecule has 0 aliphatic carbocycles. The highest BCUT2D eigenvalue weighted by Gasteiger charge is 2.15. The van der Waals surface area contributed by atoms with Crippen LogP contribution in [0.5, 0.6) is 5.75 Å². The van der Waals surface area contributed by atoms with E-state index >= 15 is 0 Å². The number of hydrogen-bond donors (Lipinski definition) is 2. The molecule has 114 valence electrons. The molecule has 3 N–H and O–H groups in total. The van der Waals surface area contributed by atoms with E-state index in [0.29, 0.717) is 12.5 Å². The van der Waals surface area contributed by atoms with E-state index in [1.54, 1.807) is 7.11 Å². The van der Waals surface area contributed by atoms with Gasteiger partial charge in [0.2, 0.25) is 0 Å². The van der Waals surface area contributed by atoms with Gasteiger partial charge in [-0.1, -0.05) is 23.8 Å². The van der Waals surface area contributed by atoms with Crippen molar-refractivity contribution < 1.29 is 4.74 Å². The molecule has 22 heavy (non-hydrogen) atoms. The van der Waals surface area contributed by atoms with Gasteiger partial charge in [0.05, 0.1) is 7.11 Å². The molecule has 1 atom stereocenters. The number of nitrogens with two attached hydrogens (primary N) is 1. The predicted octanol–water partition coefficient (Wildman–Crippen LogP) is 3.77. The summed E-state index contributed by atoms with van der Waals surface area (Å²) in [5.74, 6) is 1.19. The van der Waals surface area contributed by atoms with Crippen molar-refractivity contribution in [3.63, 3.8) is 0 Å². The number of ether oxygens (including phenoxy) is 1. The van der Waals surface area contributed by atoms with E-state index in [1.807, 2.05) is 12.1 Å². The third kappa shape index (κ3) is 2.85. The molecule has 0 radical (unpaired) electrons. The van der Waals surface area contributed by atoms with Crippen LogP contribution in [0.2, 0.25) is 0 Å². The molecule has 0 amide bonds. The van der Waals surface area contributed by atoms with Crippen molar-refractivity contribution in [2.24, 2.45) is 5.73 Å². The van der Waals surface area contributed by atoms with Crippen molar-refractivity contribution in [2.45, 2.75) is 19.3 Å². The molecular formula is C19H22N2O. The summed E-state index contributed by atoms with van der Waals surface area (Å²) in [4.78, 5) is 3.36. The Hall–Kier alpha value is -2.26. The zero-order chi connectivity index (χ0) is 15.5. The van der Waals surface area contributed by atoms with Crippen LogP contribution in [0.3, 0.4) is 0 Å². The Kier molecular flexibility index (Phi) is 4.16. The van der Waals surface area contributed by atoms with Gasteiger partial charge in [-0.25, -0.2) is 0 Å². The number of hydrogen-bond acceptors (Lipinski definition) is 2. The zero-order valence-electron chi connectivity index (χ0n) is 13.1. The van der Waals surface area contributed by atoms with E-state index in [1.165, 1.54) is 27.6 Å². The van der Waals surface area contributed by atoms with Crippen LogP contribution in [0.15, 0.2) is 48.7 Å². The van der Waals surface area contributed by atoms with Crippen LogP contribution in [-0.4, -0.2) is 18.6 Å². The second-order valence-electron chi connectivity index (χ2n) is 5.78. The van der Waals surface area contributed by atoms with Gasteiger partial charge in [0.15, 0.2) is 0 Å². The Morgan fingerprint density at radius 3 is 2.82 bits per heavy atom. The fourth-order valence-corrected chi connectivity index (χ4v) is 3.00. The minimum absolute atomic E-state index is 0.294. The number of aromatic amines is 1. The van der Waals surface area contributed by atoms with Gasteiger partial charge in [-0.05, 0) is 55.3 Å². The molecule has 2 aromatic carbocycles. The topological polar surface area (TPSA) is 51.0 Å². The Labute approximate surface area is 131 Å². The fourth-order valence-electron chi connectivity index (χ4n) is 3.00. The summed E-state index contributed by atoms with van der Waals surface area (Å²) in [7, 11) is 1.70. The fraction of sp³-hybridized carbons (Fsp3) is 0.263. The summed E-state index contributed by atoms with van der Waals surface area (Å²) in [6.45, 7) is 2.74. The molecule has 0 bridgehead atoms. The van der Waals surface area contributed by atoms with E-state index in [0.717, 1.165) is 12.2 Å². The third-order valence-corrected chi connectivity index (χ3v) is 4.21. The van der Waals surface area contributed by atoms with Crippen molar-refractivity contribution in [3.8, 4) is 5.75 Å². The molecule has 0 aliphatic rings. The number of aryl methyl sites for hydroxylation is 1. The maximum atomic E-state index is 6.07. The van der Waals surface area contributed by atoms with E-state index in [-0.39, 0.29) is 0 Å². The number of rotatable bonds is 5. The minimum Gasteiger partial charge on any atom is -0.497 e. The predicted molar refractivity (Wildman–Crippen MR) is 91.5 cm³/mol. The van der Waals surface area contributed by atoms with Crippen LogP contribution in [0, 0.1) is 6.92 Å². The molecule has 1 aromatic heterocycles. The first-order valence-corrected chi connectivity index (χ1v) is 7.62. The van der Waals surface area contributed by atoms with Gasteiger partial charge < -0.3 is 15.5 Å². The van der Waals surface area contributed by atoms with Gasteiger partial charge in [-0.3, -0.25) is 0 Å². The van der Waals surface area contributed by atoms with E-state index in [4.69, 9.17) is 10.5 Å². The summed E-state index contributed by atoms with van der Waals surface area (Å²) >= 11 is 0. The average Bonchev–Trinajstić information content (AvgIpc) is 2.95. The summed E-state index contributed by atoms with van der Waals surface area (Å²) < 4.78 is 5.31. The lowest BCUT2D eigenvalue weighted by Crippen LogP contribution is -2.14. The molecule has 1 heterocycles. The number of methoxy groups -OCH3 is 1. The number of aromatic nitrogens is 1. The Balaban J connectivity index is 1.94. The molecule has 0 aliphatic heterocycles. The largest absolute Gasteiger partial charge is 0.497 e. The van der Waals surface area contributed by atoms with Crippen molar-refractivity contribution in [1.29, 1.82) is 0 Å². The number of H-pyrrole nitrogens is 1. The van der Waals surface area contributed by atoms with Crippen LogP contribution in [-0.2, 0) is 6.42 Å². The van der Waals surface area contributed by atoms with Crippen molar-refractivity contribution in [2.75, 3.05) is 13.7 Å². The summed E-state index contributed by atoms with van der Waals surface area (Å²) in [5.41, 5.74) is 11.0. The smallest absolute Gasteiger partial charge is 0.119 e. The number of fused-ring (bicyclic) bond motifs is 1. The molecule has 0 fully saturated rings. The monoisotopic (exact) mass is 294 g/mol. The third-order valence-electron chi connectivity index (χ3n) is 4.21. The van der Waals surface area contributed by atoms with Gasteiger partial charge >= 0.3 is 0 Å². The molecule has 3 heteroatoms. The molecule has 3 nitrogen and oxygen atoms in total. The SMILES string of the molecule is COc1cccc(CC(CN)c2c[nH]c3ccc(C)cc23)c1. The summed E-state index contributed by atoms with van der Waals surface area (Å²) in [5, 5.41) is 1.28. The maximum absolute atomic E-state index is 6.07. The number of nitrogens with one attached hydrogen (secondary N) is 1. The van der Waals surface area contributed by atoms with E-state index in [2.05, 4.69) is 48.4 Å². The molecule has 1 unspecified atom stereocenters. The highest BCUT2D eigenvalue weighted by atomic mass is 16.5. The van der Waals surface area contributed by atoms with Crippen LogP contribution in [0.25, 0.3) is 10.9 Å². The Bertz CT molecular complexity index is 776. The maximum Gasteiger partial charge on any atom is 0.119 e. The average molecular weight is 294 g/mol. The normalized spacial score (nSPS) is 12.5. The van der Waals surface area contributed by atoms with Crippen LogP contribution >= 0.6 is 0 Å². The van der Waals surface area contributed by atoms with Gasteiger partial charge in [0.25, 0.3) is 0 Å². The lowest BCUT2D eigenvalue weighted by Gasteiger charge is -2.15. The van der Waals surface area contributed by atoms with Crippen LogP contribution in [0.4, 0.5) is 0 Å². The highest BCUT2D eigenvalue weighted by molar-refractivity contribution is 5.84. The highest BCUT2D eigenvalue weighted by Crippen LogP contribution is 2.29. The van der Waals surface area contributed by atoms with Gasteiger partial charge in [0, 0.05) is 23.0 Å². The first kappa shape index (κ1) is 14.7.